The fraction of sp³-hybridized carbons (Fsp3) is 0.190. The number of pyridine rings is 1. The molecule has 0 bridgehead atoms. The van der Waals surface area contributed by atoms with E-state index in [4.69, 9.17) is 4.74 Å². The molecule has 1 saturated carbocycles. The first kappa shape index (κ1) is 16.8. The number of aryl methyl sites for hydroxylation is 1. The van der Waals surface area contributed by atoms with Crippen LogP contribution in [0.25, 0.3) is 21.9 Å². The summed E-state index contributed by atoms with van der Waals surface area (Å²) in [7, 11) is 1.79. The van der Waals surface area contributed by atoms with E-state index < -0.39 is 0 Å². The van der Waals surface area contributed by atoms with Gasteiger partial charge in [0.05, 0.1) is 6.10 Å². The van der Waals surface area contributed by atoms with Crippen molar-refractivity contribution in [3.8, 4) is 16.9 Å². The zero-order valence-electron chi connectivity index (χ0n) is 14.6. The number of hydrogen-bond donors (Lipinski definition) is 1. The largest absolute Gasteiger partial charge is 0.490 e. The topological polar surface area (TPSA) is 43.3 Å². The fourth-order valence-electron chi connectivity index (χ4n) is 3.01. The lowest BCUT2D eigenvalue weighted by molar-refractivity contribution is 0.304. The highest BCUT2D eigenvalue weighted by Crippen LogP contribution is 2.39. The van der Waals surface area contributed by atoms with E-state index in [0.29, 0.717) is 11.5 Å². The maximum Gasteiger partial charge on any atom is 0.258 e. The van der Waals surface area contributed by atoms with Gasteiger partial charge in [0.2, 0.25) is 0 Å². The maximum absolute atomic E-state index is 12.5. The summed E-state index contributed by atoms with van der Waals surface area (Å²) in [5.41, 5.74) is 2.94. The molecule has 0 aliphatic heterocycles. The number of rotatable bonds is 6. The second kappa shape index (κ2) is 6.92. The Morgan fingerprint density at radius 3 is 2.69 bits per heavy atom. The number of hydrogen-bond acceptors (Lipinski definition) is 4. The molecule has 0 radical (unpaired) electrons. The molecule has 1 aliphatic carbocycles. The molecule has 0 spiro atoms. The SMILES string of the molecule is C=CSNc1ccc(OC2CC2)c(-c2cn(C)c(=O)c3ccccc23)c1. The fourth-order valence-corrected chi connectivity index (χ4v) is 3.36. The summed E-state index contributed by atoms with van der Waals surface area (Å²) in [6.45, 7) is 3.72. The van der Waals surface area contributed by atoms with Gasteiger partial charge in [0, 0.05) is 35.4 Å². The Hall–Kier alpha value is -2.66. The van der Waals surface area contributed by atoms with Crippen LogP contribution in [-0.2, 0) is 7.05 Å². The molecule has 1 heterocycles. The van der Waals surface area contributed by atoms with Crippen molar-refractivity contribution < 1.29 is 4.74 Å². The number of nitrogens with one attached hydrogen (secondary N) is 1. The van der Waals surface area contributed by atoms with Crippen LogP contribution in [0.4, 0.5) is 5.69 Å². The minimum absolute atomic E-state index is 0.00510. The summed E-state index contributed by atoms with van der Waals surface area (Å²) < 4.78 is 11.0. The summed E-state index contributed by atoms with van der Waals surface area (Å²) >= 11 is 1.42. The Bertz CT molecular complexity index is 1040. The molecule has 1 aromatic heterocycles. The summed E-state index contributed by atoms with van der Waals surface area (Å²) in [4.78, 5) is 12.5. The van der Waals surface area contributed by atoms with E-state index in [1.807, 2.05) is 42.6 Å². The highest BCUT2D eigenvalue weighted by atomic mass is 32.2. The highest BCUT2D eigenvalue weighted by molar-refractivity contribution is 8.03. The minimum Gasteiger partial charge on any atom is -0.490 e. The van der Waals surface area contributed by atoms with E-state index in [-0.39, 0.29) is 5.56 Å². The van der Waals surface area contributed by atoms with Gasteiger partial charge in [0.25, 0.3) is 5.56 Å². The third-order valence-corrected chi connectivity index (χ3v) is 4.96. The number of benzene rings is 2. The minimum atomic E-state index is 0.00510. The van der Waals surface area contributed by atoms with Crippen molar-refractivity contribution >= 4 is 28.4 Å². The van der Waals surface area contributed by atoms with Gasteiger partial charge in [0.15, 0.2) is 0 Å². The van der Waals surface area contributed by atoms with Crippen molar-refractivity contribution in [2.24, 2.45) is 7.05 Å². The first-order valence-electron chi connectivity index (χ1n) is 8.59. The van der Waals surface area contributed by atoms with Crippen LogP contribution in [-0.4, -0.2) is 10.7 Å². The monoisotopic (exact) mass is 364 g/mol. The smallest absolute Gasteiger partial charge is 0.258 e. The lowest BCUT2D eigenvalue weighted by Gasteiger charge is -2.16. The summed E-state index contributed by atoms with van der Waals surface area (Å²) in [5, 5.41) is 3.39. The van der Waals surface area contributed by atoms with Crippen molar-refractivity contribution in [1.82, 2.24) is 4.57 Å². The van der Waals surface area contributed by atoms with Crippen molar-refractivity contribution in [3.63, 3.8) is 0 Å². The molecule has 1 N–H and O–H groups in total. The van der Waals surface area contributed by atoms with Gasteiger partial charge >= 0.3 is 0 Å². The standard InChI is InChI=1S/C21H20N2O2S/c1-3-26-22-14-8-11-20(25-15-9-10-15)18(12-14)19-13-23(2)21(24)17-7-5-4-6-16(17)19/h3-8,11-13,15,22H,1,9-10H2,2H3. The van der Waals surface area contributed by atoms with Crippen LogP contribution in [0.15, 0.2) is 65.4 Å². The molecule has 1 fully saturated rings. The number of aromatic nitrogens is 1. The molecule has 132 valence electrons. The third kappa shape index (κ3) is 3.22. The van der Waals surface area contributed by atoms with Crippen molar-refractivity contribution in [1.29, 1.82) is 0 Å². The van der Waals surface area contributed by atoms with Crippen molar-refractivity contribution in [2.75, 3.05) is 4.72 Å². The summed E-state index contributed by atoms with van der Waals surface area (Å²) in [6, 6.07) is 13.8. The molecule has 1 aliphatic rings. The Balaban J connectivity index is 1.92. The normalized spacial score (nSPS) is 13.6. The molecule has 5 heteroatoms. The van der Waals surface area contributed by atoms with Gasteiger partial charge in [-0.1, -0.05) is 24.8 Å². The Morgan fingerprint density at radius 1 is 1.19 bits per heavy atom. The number of ether oxygens (including phenoxy) is 1. The molecule has 4 nitrogen and oxygen atoms in total. The zero-order valence-corrected chi connectivity index (χ0v) is 15.4. The Morgan fingerprint density at radius 2 is 1.96 bits per heavy atom. The van der Waals surface area contributed by atoms with Gasteiger partial charge in [-0.3, -0.25) is 4.79 Å². The Kier molecular flexibility index (Phi) is 4.47. The molecule has 0 unspecified atom stereocenters. The molecule has 0 amide bonds. The Labute approximate surface area is 156 Å². The molecular formula is C21H20N2O2S. The average molecular weight is 364 g/mol. The van der Waals surface area contributed by atoms with E-state index in [9.17, 15) is 4.79 Å². The molecule has 2 aromatic carbocycles. The lowest BCUT2D eigenvalue weighted by Crippen LogP contribution is -2.16. The second-order valence-corrected chi connectivity index (χ2v) is 7.19. The zero-order chi connectivity index (χ0) is 18.1. The molecule has 26 heavy (non-hydrogen) atoms. The van der Waals surface area contributed by atoms with Gasteiger partial charge in [-0.05, 0) is 59.8 Å². The highest BCUT2D eigenvalue weighted by Gasteiger charge is 2.25. The summed E-state index contributed by atoms with van der Waals surface area (Å²) in [5.74, 6) is 0.852. The van der Waals surface area contributed by atoms with Gasteiger partial charge < -0.3 is 14.0 Å². The van der Waals surface area contributed by atoms with Crippen LogP contribution in [0.2, 0.25) is 0 Å². The van der Waals surface area contributed by atoms with Crippen LogP contribution < -0.4 is 15.0 Å². The maximum atomic E-state index is 12.5. The molecule has 3 aromatic rings. The van der Waals surface area contributed by atoms with Crippen LogP contribution in [0, 0.1) is 0 Å². The van der Waals surface area contributed by atoms with Crippen LogP contribution >= 0.6 is 11.9 Å². The van der Waals surface area contributed by atoms with E-state index in [1.165, 1.54) is 11.9 Å². The van der Waals surface area contributed by atoms with E-state index in [0.717, 1.165) is 40.8 Å². The number of nitrogens with zero attached hydrogens (tertiary/aromatic N) is 1. The van der Waals surface area contributed by atoms with Gasteiger partial charge in [0.1, 0.15) is 5.75 Å². The predicted octanol–water partition coefficient (Wildman–Crippen LogP) is 4.95. The molecular weight excluding hydrogens is 344 g/mol. The van der Waals surface area contributed by atoms with Crippen LogP contribution in [0.1, 0.15) is 12.8 Å². The van der Waals surface area contributed by atoms with E-state index in [1.54, 1.807) is 17.0 Å². The van der Waals surface area contributed by atoms with Gasteiger partial charge in [-0.25, -0.2) is 0 Å². The van der Waals surface area contributed by atoms with Crippen LogP contribution in [0.5, 0.6) is 5.75 Å². The molecule has 0 atom stereocenters. The average Bonchev–Trinajstić information content (AvgIpc) is 3.48. The lowest BCUT2D eigenvalue weighted by atomic mass is 9.99. The van der Waals surface area contributed by atoms with Gasteiger partial charge in [-0.15, -0.1) is 0 Å². The van der Waals surface area contributed by atoms with Crippen LogP contribution in [0.3, 0.4) is 0 Å². The first-order chi connectivity index (χ1) is 12.7. The van der Waals surface area contributed by atoms with E-state index in [2.05, 4.69) is 17.4 Å². The predicted molar refractivity (Wildman–Crippen MR) is 110 cm³/mol. The quantitative estimate of drug-likeness (QED) is 0.629. The van der Waals surface area contributed by atoms with Crippen molar-refractivity contribution in [3.05, 3.63) is 71.0 Å². The summed E-state index contributed by atoms with van der Waals surface area (Å²) in [6.07, 6.45) is 4.39. The number of anilines is 1. The van der Waals surface area contributed by atoms with E-state index >= 15 is 0 Å². The van der Waals surface area contributed by atoms with Gasteiger partial charge in [-0.2, -0.15) is 0 Å². The molecule has 0 saturated heterocycles. The van der Waals surface area contributed by atoms with Crippen molar-refractivity contribution in [2.45, 2.75) is 18.9 Å². The first-order valence-corrected chi connectivity index (χ1v) is 9.47. The second-order valence-electron chi connectivity index (χ2n) is 6.42. The number of fused-ring (bicyclic) bond motifs is 1. The molecule has 4 rings (SSSR count). The third-order valence-electron chi connectivity index (χ3n) is 4.44.